The van der Waals surface area contributed by atoms with Crippen LogP contribution < -0.4 is 20.9 Å². The van der Waals surface area contributed by atoms with Crippen LogP contribution in [0.4, 0.5) is 4.39 Å². The number of carbonyl (C=O) groups excluding carboxylic acids is 1. The molecule has 0 radical (unpaired) electrons. The van der Waals surface area contributed by atoms with Gasteiger partial charge in [0.1, 0.15) is 18.0 Å². The van der Waals surface area contributed by atoms with E-state index in [9.17, 15) is 24.1 Å². The van der Waals surface area contributed by atoms with Crippen molar-refractivity contribution in [2.24, 2.45) is 0 Å². The molecule has 1 aromatic heterocycles. The number of aromatic amines is 1. The Hall–Kier alpha value is -2.28. The monoisotopic (exact) mass is 559 g/mol. The second-order valence-electron chi connectivity index (χ2n) is 8.71. The number of rotatable bonds is 12. The Kier molecular flexibility index (Phi) is 9.90. The third kappa shape index (κ3) is 7.40. The zero-order valence-corrected chi connectivity index (χ0v) is 22.4. The number of hydrogen-bond acceptors (Lipinski definition) is 9. The summed E-state index contributed by atoms with van der Waals surface area (Å²) in [6, 6.07) is 8.21. The molecule has 3 rings (SSSR count). The highest BCUT2D eigenvalue weighted by Gasteiger charge is 2.55. The van der Waals surface area contributed by atoms with Crippen LogP contribution in [0.3, 0.4) is 0 Å². The molecule has 11 nitrogen and oxygen atoms in total. The van der Waals surface area contributed by atoms with Crippen LogP contribution in [0, 0.1) is 0 Å². The number of aromatic nitrogens is 2. The molecule has 14 heteroatoms. The zero-order chi connectivity index (χ0) is 27.2. The van der Waals surface area contributed by atoms with E-state index in [0.29, 0.717) is 5.75 Å². The standard InChI is InChI=1S/C23H31FN3O8PS/c1-4-5-13-37-20(30)15(2)26-36(32,35-16-9-7-6-8-10-16)33-14-17-19(29)23(3,24)21(34-17)27-12-11-18(28)25-22(27)31/h6-12,15,17,19,21,29H,4-5,13-14H2,1-3H3,(H,26,32)(H,25,28,31)/t15-,17+,19+,21+,23+,36?/m0/s1. The molecule has 2 aromatic rings. The molecule has 0 aliphatic carbocycles. The predicted molar refractivity (Wildman–Crippen MR) is 136 cm³/mol. The number of unbranched alkanes of at least 4 members (excludes halogenated alkanes) is 1. The first-order chi connectivity index (χ1) is 17.5. The lowest BCUT2D eigenvalue weighted by Crippen LogP contribution is -2.43. The van der Waals surface area contributed by atoms with E-state index < -0.39 is 55.7 Å². The van der Waals surface area contributed by atoms with E-state index in [1.54, 1.807) is 30.3 Å². The van der Waals surface area contributed by atoms with Crippen molar-refractivity contribution in [1.82, 2.24) is 14.6 Å². The summed E-state index contributed by atoms with van der Waals surface area (Å²) in [6.45, 7) is 3.95. The fraction of sp³-hybridized carbons (Fsp3) is 0.522. The number of hydrogen-bond donors (Lipinski definition) is 3. The van der Waals surface area contributed by atoms with E-state index in [-0.39, 0.29) is 10.9 Å². The second kappa shape index (κ2) is 12.5. The Morgan fingerprint density at radius 1 is 1.35 bits per heavy atom. The number of carbonyl (C=O) groups is 1. The lowest BCUT2D eigenvalue weighted by Gasteiger charge is -2.25. The number of alkyl halides is 1. The second-order valence-corrected chi connectivity index (χ2v) is 11.5. The van der Waals surface area contributed by atoms with Crippen molar-refractivity contribution in [2.45, 2.75) is 63.8 Å². The molecule has 1 aliphatic heterocycles. The molecule has 2 heterocycles. The molecule has 0 bridgehead atoms. The maximum Gasteiger partial charge on any atom is 0.459 e. The molecule has 1 aromatic carbocycles. The van der Waals surface area contributed by atoms with Crippen molar-refractivity contribution in [2.75, 3.05) is 12.4 Å². The SMILES string of the molecule is CCCCSC(=O)[C@H](C)NP(=O)(OC[C@H]1O[C@@H](n2ccc(=O)[nH]c2=O)[C@](C)(F)[C@@H]1O)Oc1ccccc1. The minimum Gasteiger partial charge on any atom is -0.413 e. The highest BCUT2D eigenvalue weighted by atomic mass is 32.2. The fourth-order valence-electron chi connectivity index (χ4n) is 3.58. The Balaban J connectivity index is 1.77. The molecule has 1 fully saturated rings. The van der Waals surface area contributed by atoms with Crippen molar-refractivity contribution >= 4 is 24.6 Å². The summed E-state index contributed by atoms with van der Waals surface area (Å²) in [6.07, 6.45) is -1.93. The first-order valence-electron chi connectivity index (χ1n) is 11.7. The topological polar surface area (TPSA) is 149 Å². The van der Waals surface area contributed by atoms with Gasteiger partial charge in [-0.15, -0.1) is 0 Å². The highest BCUT2D eigenvalue weighted by molar-refractivity contribution is 8.13. The summed E-state index contributed by atoms with van der Waals surface area (Å²) in [5.41, 5.74) is -4.07. The molecular formula is C23H31FN3O8PS. The number of para-hydroxylation sites is 1. The fourth-order valence-corrected chi connectivity index (χ4v) is 6.12. The quantitative estimate of drug-likeness (QED) is 0.262. The maximum absolute atomic E-state index is 15.5. The van der Waals surface area contributed by atoms with Gasteiger partial charge in [0.25, 0.3) is 5.56 Å². The van der Waals surface area contributed by atoms with Gasteiger partial charge in [0.05, 0.1) is 12.6 Å². The number of benzene rings is 1. The average Bonchev–Trinajstić information content (AvgIpc) is 3.07. The van der Waals surface area contributed by atoms with Crippen LogP contribution in [-0.4, -0.2) is 56.1 Å². The predicted octanol–water partition coefficient (Wildman–Crippen LogP) is 2.76. The van der Waals surface area contributed by atoms with Crippen LogP contribution in [-0.2, 0) is 18.6 Å². The molecule has 0 saturated carbocycles. The first-order valence-corrected chi connectivity index (χ1v) is 14.3. The third-order valence-electron chi connectivity index (χ3n) is 5.65. The summed E-state index contributed by atoms with van der Waals surface area (Å²) in [4.78, 5) is 38.0. The van der Waals surface area contributed by atoms with Gasteiger partial charge in [-0.2, -0.15) is 0 Å². The number of aliphatic hydroxyl groups excluding tert-OH is 1. The van der Waals surface area contributed by atoms with Crippen molar-refractivity contribution in [3.8, 4) is 5.75 Å². The number of ether oxygens (including phenoxy) is 1. The zero-order valence-electron chi connectivity index (χ0n) is 20.7. The number of aliphatic hydroxyl groups is 1. The largest absolute Gasteiger partial charge is 0.459 e. The lowest BCUT2D eigenvalue weighted by molar-refractivity contribution is -0.112. The molecule has 0 spiro atoms. The maximum atomic E-state index is 15.5. The van der Waals surface area contributed by atoms with Crippen molar-refractivity contribution < 1.29 is 32.6 Å². The minimum atomic E-state index is -4.23. The summed E-state index contributed by atoms with van der Waals surface area (Å²) in [7, 11) is -4.23. The average molecular weight is 560 g/mol. The van der Waals surface area contributed by atoms with Gasteiger partial charge < -0.3 is 14.4 Å². The van der Waals surface area contributed by atoms with Gasteiger partial charge >= 0.3 is 13.4 Å². The van der Waals surface area contributed by atoms with E-state index >= 15 is 4.39 Å². The van der Waals surface area contributed by atoms with Crippen molar-refractivity contribution in [1.29, 1.82) is 0 Å². The van der Waals surface area contributed by atoms with Crippen LogP contribution in [0.2, 0.25) is 0 Å². The number of H-pyrrole nitrogens is 1. The molecule has 6 atom stereocenters. The molecular weight excluding hydrogens is 528 g/mol. The smallest absolute Gasteiger partial charge is 0.413 e. The Labute approximate surface area is 217 Å². The summed E-state index contributed by atoms with van der Waals surface area (Å²) in [5, 5.41) is 12.9. The number of nitrogens with one attached hydrogen (secondary N) is 2. The van der Waals surface area contributed by atoms with Crippen molar-refractivity contribution in [3.05, 3.63) is 63.4 Å². The molecule has 204 valence electrons. The molecule has 1 saturated heterocycles. The Morgan fingerprint density at radius 2 is 2.05 bits per heavy atom. The van der Waals surface area contributed by atoms with Gasteiger partial charge in [0.15, 0.2) is 11.9 Å². The van der Waals surface area contributed by atoms with Crippen molar-refractivity contribution in [3.63, 3.8) is 0 Å². The normalized spacial score (nSPS) is 25.9. The summed E-state index contributed by atoms with van der Waals surface area (Å²) in [5.74, 6) is 0.798. The van der Waals surface area contributed by atoms with Gasteiger partial charge in [0.2, 0.25) is 5.12 Å². The van der Waals surface area contributed by atoms with E-state index in [1.165, 1.54) is 6.92 Å². The third-order valence-corrected chi connectivity index (χ3v) is 8.42. The van der Waals surface area contributed by atoms with Gasteiger partial charge in [-0.1, -0.05) is 43.3 Å². The van der Waals surface area contributed by atoms with Crippen LogP contribution in [0.5, 0.6) is 5.75 Å². The van der Waals surface area contributed by atoms with Gasteiger partial charge in [-0.3, -0.25) is 23.7 Å². The Bertz CT molecular complexity index is 1220. The van der Waals surface area contributed by atoms with Gasteiger partial charge in [-0.05, 0) is 32.4 Å². The van der Waals surface area contributed by atoms with E-state index in [0.717, 1.165) is 48.4 Å². The highest BCUT2D eigenvalue weighted by Crippen LogP contribution is 2.47. The molecule has 37 heavy (non-hydrogen) atoms. The summed E-state index contributed by atoms with van der Waals surface area (Å²) < 4.78 is 46.6. The lowest BCUT2D eigenvalue weighted by atomic mass is 9.98. The van der Waals surface area contributed by atoms with Crippen LogP contribution in [0.1, 0.15) is 39.8 Å². The molecule has 3 N–H and O–H groups in total. The van der Waals surface area contributed by atoms with Gasteiger partial charge in [0, 0.05) is 18.0 Å². The van der Waals surface area contributed by atoms with E-state index in [4.69, 9.17) is 13.8 Å². The molecule has 1 aliphatic rings. The minimum absolute atomic E-state index is 0.192. The number of nitrogens with zero attached hydrogens (tertiary/aromatic N) is 1. The van der Waals surface area contributed by atoms with Gasteiger partial charge in [-0.25, -0.2) is 18.8 Å². The summed E-state index contributed by atoms with van der Waals surface area (Å²) >= 11 is 1.09. The van der Waals surface area contributed by atoms with E-state index in [2.05, 4.69) is 5.09 Å². The van der Waals surface area contributed by atoms with Crippen LogP contribution in [0.25, 0.3) is 0 Å². The van der Waals surface area contributed by atoms with Crippen LogP contribution in [0.15, 0.2) is 52.2 Å². The number of halogens is 1. The number of thioether (sulfide) groups is 1. The Morgan fingerprint density at radius 3 is 2.70 bits per heavy atom. The molecule has 0 amide bonds. The van der Waals surface area contributed by atoms with Crippen LogP contribution >= 0.6 is 19.5 Å². The molecule has 1 unspecified atom stereocenters. The van der Waals surface area contributed by atoms with E-state index in [1.807, 2.05) is 11.9 Å². The first kappa shape index (κ1) is 29.3.